The molecule has 1 unspecified atom stereocenters. The Kier molecular flexibility index (Phi) is 7.95. The van der Waals surface area contributed by atoms with Crippen LogP contribution in [0.5, 0.6) is 0 Å². The number of aliphatic hydroxyl groups excluding tert-OH is 2. The van der Waals surface area contributed by atoms with Gasteiger partial charge >= 0.3 is 6.18 Å². The second-order valence-corrected chi connectivity index (χ2v) is 12.2. The van der Waals surface area contributed by atoms with E-state index in [1.165, 1.54) is 24.8 Å². The van der Waals surface area contributed by atoms with E-state index in [0.29, 0.717) is 37.3 Å². The maximum absolute atomic E-state index is 13.1. The first-order chi connectivity index (χ1) is 16.4. The van der Waals surface area contributed by atoms with E-state index in [-0.39, 0.29) is 24.2 Å². The maximum atomic E-state index is 13.1. The molecule has 4 rings (SSSR count). The largest absolute Gasteiger partial charge is 0.392 e. The molecule has 7 atom stereocenters. The minimum absolute atomic E-state index is 0.193. The molecule has 0 aromatic heterocycles. The van der Waals surface area contributed by atoms with Gasteiger partial charge in [0.15, 0.2) is 0 Å². The number of aliphatic hydroxyl groups is 2. The lowest BCUT2D eigenvalue weighted by molar-refractivity contribution is -0.185. The van der Waals surface area contributed by atoms with E-state index in [1.807, 2.05) is 6.92 Å². The number of nitrogens with zero attached hydrogens (tertiary/aromatic N) is 1. The highest BCUT2D eigenvalue weighted by Gasteiger charge is 2.51. The molecule has 35 heavy (non-hydrogen) atoms. The van der Waals surface area contributed by atoms with Crippen molar-refractivity contribution in [2.24, 2.45) is 35.0 Å². The molecule has 2 N–H and O–H groups in total. The highest BCUT2D eigenvalue weighted by Crippen LogP contribution is 2.59. The van der Waals surface area contributed by atoms with Gasteiger partial charge in [-0.25, -0.2) is 0 Å². The summed E-state index contributed by atoms with van der Waals surface area (Å²) >= 11 is 0. The second kappa shape index (κ2) is 10.3. The van der Waals surface area contributed by atoms with Gasteiger partial charge in [0.1, 0.15) is 0 Å². The van der Waals surface area contributed by atoms with Crippen molar-refractivity contribution in [3.05, 3.63) is 35.5 Å². The van der Waals surface area contributed by atoms with Crippen LogP contribution in [0.15, 0.2) is 35.5 Å². The Bertz CT molecular complexity index is 841. The highest BCUT2D eigenvalue weighted by molar-refractivity contribution is 5.39. The first-order valence-electron chi connectivity index (χ1n) is 13.7. The molecule has 6 heteroatoms. The van der Waals surface area contributed by atoms with Crippen molar-refractivity contribution in [1.29, 1.82) is 0 Å². The van der Waals surface area contributed by atoms with Crippen molar-refractivity contribution in [3.63, 3.8) is 0 Å². The van der Waals surface area contributed by atoms with Crippen LogP contribution in [-0.4, -0.2) is 53.1 Å². The topological polar surface area (TPSA) is 43.7 Å². The number of likely N-dealkylation sites (tertiary alicyclic amines) is 1. The Hall–Kier alpha value is -1.11. The smallest absolute Gasteiger partial charge is 0.391 e. The molecule has 0 aromatic rings. The molecule has 0 amide bonds. The summed E-state index contributed by atoms with van der Waals surface area (Å²) in [5.41, 5.74) is 3.38. The van der Waals surface area contributed by atoms with Gasteiger partial charge in [-0.3, -0.25) is 0 Å². The van der Waals surface area contributed by atoms with Gasteiger partial charge in [-0.1, -0.05) is 45.1 Å². The molecule has 3 aliphatic carbocycles. The fraction of sp³-hybridized carbons (Fsp3) is 0.793. The van der Waals surface area contributed by atoms with E-state index in [4.69, 9.17) is 0 Å². The first-order valence-corrected chi connectivity index (χ1v) is 13.7. The molecular weight excluding hydrogens is 451 g/mol. The van der Waals surface area contributed by atoms with Gasteiger partial charge < -0.3 is 15.1 Å². The molecule has 0 spiro atoms. The molecule has 1 aliphatic heterocycles. The molecule has 0 aromatic carbocycles. The normalized spacial score (nSPS) is 40.9. The van der Waals surface area contributed by atoms with Crippen LogP contribution in [0.3, 0.4) is 0 Å². The molecule has 1 heterocycles. The highest BCUT2D eigenvalue weighted by atomic mass is 19.4. The number of hydrogen-bond donors (Lipinski definition) is 2. The summed E-state index contributed by atoms with van der Waals surface area (Å²) in [5, 5.41) is 20.7. The lowest BCUT2D eigenvalue weighted by atomic mass is 9.61. The Labute approximate surface area is 209 Å². The summed E-state index contributed by atoms with van der Waals surface area (Å²) < 4.78 is 39.2. The van der Waals surface area contributed by atoms with Gasteiger partial charge in [0.2, 0.25) is 0 Å². The number of rotatable bonds is 4. The third-order valence-corrected chi connectivity index (χ3v) is 10.1. The number of piperidine rings is 1. The number of halogens is 3. The molecule has 0 bridgehead atoms. The Balaban J connectivity index is 1.41. The van der Waals surface area contributed by atoms with Crippen molar-refractivity contribution in [2.45, 2.75) is 90.5 Å². The van der Waals surface area contributed by atoms with E-state index in [1.54, 1.807) is 0 Å². The first kappa shape index (κ1) is 26.9. The van der Waals surface area contributed by atoms with Crippen molar-refractivity contribution < 1.29 is 23.4 Å². The van der Waals surface area contributed by atoms with Crippen LogP contribution in [0.2, 0.25) is 0 Å². The average Bonchev–Trinajstić information content (AvgIpc) is 3.16. The van der Waals surface area contributed by atoms with Gasteiger partial charge in [-0.05, 0) is 98.8 Å². The Morgan fingerprint density at radius 1 is 1.14 bits per heavy atom. The van der Waals surface area contributed by atoms with Crippen LogP contribution in [0.1, 0.15) is 72.1 Å². The maximum Gasteiger partial charge on any atom is 0.391 e. The third kappa shape index (κ3) is 5.45. The van der Waals surface area contributed by atoms with E-state index < -0.39 is 24.3 Å². The Morgan fingerprint density at radius 2 is 1.83 bits per heavy atom. The summed E-state index contributed by atoms with van der Waals surface area (Å²) in [4.78, 5) is 2.26. The minimum atomic E-state index is -4.05. The zero-order chi connectivity index (χ0) is 25.5. The van der Waals surface area contributed by atoms with Crippen LogP contribution < -0.4 is 0 Å². The average molecular weight is 496 g/mol. The quantitative estimate of drug-likeness (QED) is 0.482. The predicted octanol–water partition coefficient (Wildman–Crippen LogP) is 6.28. The SMILES string of the molecule is C=C1C(=CC=C2CCC[C@]3(C)[C@@H](C(C)CN4CCC(C(F)(F)F)CC4)CC[C@@H]23)C[C@@H](O)[C@H](C)[C@@H]1O. The standard InChI is InChI=1S/C29H44F3NO2/c1-18(17-33-14-11-23(12-15-33)29(30,31)32)24-9-10-25-21(6-5-13-28(24,25)4)7-8-22-16-26(34)20(3)27(35)19(22)2/h7-8,18,20,23-27,34-35H,2,5-6,9-17H2,1,3-4H3/t18?,20-,24+,25-,26+,27+,28+/m0/s1. The van der Waals surface area contributed by atoms with Gasteiger partial charge in [0, 0.05) is 12.5 Å². The van der Waals surface area contributed by atoms with Crippen molar-refractivity contribution in [1.82, 2.24) is 4.90 Å². The lowest BCUT2D eigenvalue weighted by Crippen LogP contribution is -2.44. The van der Waals surface area contributed by atoms with Crippen LogP contribution in [0.25, 0.3) is 0 Å². The zero-order valence-electron chi connectivity index (χ0n) is 21.7. The number of allylic oxidation sites excluding steroid dienone is 3. The fourth-order valence-electron chi connectivity index (χ4n) is 7.83. The van der Waals surface area contributed by atoms with Crippen molar-refractivity contribution in [2.75, 3.05) is 19.6 Å². The molecule has 4 fully saturated rings. The lowest BCUT2D eigenvalue weighted by Gasteiger charge is -2.45. The monoisotopic (exact) mass is 495 g/mol. The van der Waals surface area contributed by atoms with Crippen LogP contribution in [0.4, 0.5) is 13.2 Å². The number of fused-ring (bicyclic) bond motifs is 1. The Morgan fingerprint density at radius 3 is 2.49 bits per heavy atom. The van der Waals surface area contributed by atoms with Gasteiger partial charge in [-0.2, -0.15) is 13.2 Å². The summed E-state index contributed by atoms with van der Waals surface area (Å²) in [5.74, 6) is 0.255. The summed E-state index contributed by atoms with van der Waals surface area (Å²) in [6.45, 7) is 12.7. The summed E-state index contributed by atoms with van der Waals surface area (Å²) in [7, 11) is 0. The van der Waals surface area contributed by atoms with Crippen molar-refractivity contribution >= 4 is 0 Å². The molecule has 0 radical (unpaired) electrons. The van der Waals surface area contributed by atoms with Crippen LogP contribution in [-0.2, 0) is 0 Å². The fourth-order valence-corrected chi connectivity index (χ4v) is 7.83. The van der Waals surface area contributed by atoms with Gasteiger partial charge in [0.05, 0.1) is 18.1 Å². The molecule has 4 aliphatic rings. The second-order valence-electron chi connectivity index (χ2n) is 12.2. The predicted molar refractivity (Wildman–Crippen MR) is 134 cm³/mol. The van der Waals surface area contributed by atoms with Gasteiger partial charge in [-0.15, -0.1) is 0 Å². The molecular formula is C29H44F3NO2. The van der Waals surface area contributed by atoms with Gasteiger partial charge in [0.25, 0.3) is 0 Å². The van der Waals surface area contributed by atoms with Crippen molar-refractivity contribution in [3.8, 4) is 0 Å². The minimum Gasteiger partial charge on any atom is -0.392 e. The summed E-state index contributed by atoms with van der Waals surface area (Å²) in [6.07, 6.45) is 5.83. The molecule has 1 saturated heterocycles. The summed E-state index contributed by atoms with van der Waals surface area (Å²) in [6, 6.07) is 0. The van der Waals surface area contributed by atoms with E-state index >= 15 is 0 Å². The van der Waals surface area contributed by atoms with Crippen LogP contribution >= 0.6 is 0 Å². The molecule has 198 valence electrons. The molecule has 3 saturated carbocycles. The molecule has 3 nitrogen and oxygen atoms in total. The third-order valence-electron chi connectivity index (χ3n) is 10.1. The van der Waals surface area contributed by atoms with Crippen LogP contribution in [0, 0.1) is 35.0 Å². The van der Waals surface area contributed by atoms with E-state index in [9.17, 15) is 23.4 Å². The number of alkyl halides is 3. The zero-order valence-corrected chi connectivity index (χ0v) is 21.7. The number of hydrogen-bond acceptors (Lipinski definition) is 3. The van der Waals surface area contributed by atoms with E-state index in [2.05, 4.69) is 37.5 Å². The van der Waals surface area contributed by atoms with E-state index in [0.717, 1.165) is 30.5 Å².